The van der Waals surface area contributed by atoms with E-state index in [0.717, 1.165) is 38.8 Å². The Labute approximate surface area is 137 Å². The van der Waals surface area contributed by atoms with Crippen LogP contribution in [0.2, 0.25) is 0 Å². The zero-order valence-electron chi connectivity index (χ0n) is 13.5. The van der Waals surface area contributed by atoms with Gasteiger partial charge in [0.05, 0.1) is 0 Å². The Morgan fingerprint density at radius 3 is 2.30 bits per heavy atom. The lowest BCUT2D eigenvalue weighted by Crippen LogP contribution is -2.45. The van der Waals surface area contributed by atoms with Gasteiger partial charge < -0.3 is 15.5 Å². The minimum atomic E-state index is 0.0150. The van der Waals surface area contributed by atoms with Crippen LogP contribution in [0.15, 0.2) is 24.3 Å². The maximum atomic E-state index is 12.6. The molecule has 0 radical (unpaired) electrons. The molecule has 3 rings (SSSR count). The highest BCUT2D eigenvalue weighted by Gasteiger charge is 2.30. The summed E-state index contributed by atoms with van der Waals surface area (Å²) in [7, 11) is 0. The summed E-state index contributed by atoms with van der Waals surface area (Å²) in [6.45, 7) is 3.11. The van der Waals surface area contributed by atoms with Gasteiger partial charge in [0.1, 0.15) is 0 Å². The van der Waals surface area contributed by atoms with Crippen LogP contribution in [0, 0.1) is 5.92 Å². The van der Waals surface area contributed by atoms with E-state index in [1.54, 1.807) is 24.3 Å². The van der Waals surface area contributed by atoms with Crippen molar-refractivity contribution in [1.82, 2.24) is 9.80 Å². The molecule has 0 atom stereocenters. The van der Waals surface area contributed by atoms with Gasteiger partial charge in [-0.3, -0.25) is 9.59 Å². The zero-order chi connectivity index (χ0) is 16.2. The number of hydrogen-bond acceptors (Lipinski definition) is 3. The predicted octanol–water partition coefficient (Wildman–Crippen LogP) is 2.13. The molecular weight excluding hydrogens is 290 g/mol. The number of piperidine rings is 2. The molecule has 0 aromatic heterocycles. The van der Waals surface area contributed by atoms with E-state index in [2.05, 4.69) is 0 Å². The van der Waals surface area contributed by atoms with Crippen molar-refractivity contribution in [1.29, 1.82) is 0 Å². The SMILES string of the molecule is Nc1cccc(C(=O)N2CCC(C(=O)N3CCCCC3)CC2)c1. The van der Waals surface area contributed by atoms with Crippen LogP contribution in [0.3, 0.4) is 0 Å². The maximum Gasteiger partial charge on any atom is 0.253 e. The Bertz CT molecular complexity index is 573. The molecule has 124 valence electrons. The summed E-state index contributed by atoms with van der Waals surface area (Å²) < 4.78 is 0. The summed E-state index contributed by atoms with van der Waals surface area (Å²) >= 11 is 0. The third-order valence-electron chi connectivity index (χ3n) is 4.93. The number of amides is 2. The number of carbonyl (C=O) groups is 2. The fourth-order valence-corrected chi connectivity index (χ4v) is 3.56. The van der Waals surface area contributed by atoms with Gasteiger partial charge in [0.15, 0.2) is 0 Å². The first-order valence-electron chi connectivity index (χ1n) is 8.59. The minimum Gasteiger partial charge on any atom is -0.399 e. The number of rotatable bonds is 2. The highest BCUT2D eigenvalue weighted by molar-refractivity contribution is 5.95. The number of nitrogens with two attached hydrogens (primary N) is 1. The molecular formula is C18H25N3O2. The summed E-state index contributed by atoms with van der Waals surface area (Å²) in [5.74, 6) is 0.389. The average Bonchev–Trinajstić information content (AvgIpc) is 2.61. The van der Waals surface area contributed by atoms with Crippen molar-refractivity contribution in [2.45, 2.75) is 32.1 Å². The van der Waals surface area contributed by atoms with Gasteiger partial charge in [0.2, 0.25) is 5.91 Å². The number of anilines is 1. The average molecular weight is 315 g/mol. The van der Waals surface area contributed by atoms with E-state index in [0.29, 0.717) is 30.2 Å². The van der Waals surface area contributed by atoms with Crippen LogP contribution in [0.4, 0.5) is 5.69 Å². The molecule has 1 aromatic carbocycles. The van der Waals surface area contributed by atoms with Crippen molar-refractivity contribution in [3.8, 4) is 0 Å². The molecule has 2 aliphatic heterocycles. The smallest absolute Gasteiger partial charge is 0.253 e. The molecule has 0 bridgehead atoms. The fraction of sp³-hybridized carbons (Fsp3) is 0.556. The number of hydrogen-bond donors (Lipinski definition) is 1. The van der Waals surface area contributed by atoms with E-state index in [9.17, 15) is 9.59 Å². The predicted molar refractivity (Wildman–Crippen MR) is 89.9 cm³/mol. The lowest BCUT2D eigenvalue weighted by atomic mass is 9.94. The van der Waals surface area contributed by atoms with E-state index in [1.807, 2.05) is 9.80 Å². The monoisotopic (exact) mass is 315 g/mol. The van der Waals surface area contributed by atoms with Gasteiger partial charge in [0.25, 0.3) is 5.91 Å². The van der Waals surface area contributed by atoms with Gasteiger partial charge >= 0.3 is 0 Å². The van der Waals surface area contributed by atoms with Crippen molar-refractivity contribution in [2.24, 2.45) is 5.92 Å². The lowest BCUT2D eigenvalue weighted by Gasteiger charge is -2.35. The van der Waals surface area contributed by atoms with Crippen LogP contribution in [0.25, 0.3) is 0 Å². The van der Waals surface area contributed by atoms with Crippen molar-refractivity contribution in [3.05, 3.63) is 29.8 Å². The van der Waals surface area contributed by atoms with E-state index in [1.165, 1.54) is 6.42 Å². The van der Waals surface area contributed by atoms with Gasteiger partial charge in [-0.05, 0) is 50.3 Å². The fourth-order valence-electron chi connectivity index (χ4n) is 3.56. The normalized spacial score (nSPS) is 19.7. The summed E-state index contributed by atoms with van der Waals surface area (Å²) in [5, 5.41) is 0. The first kappa shape index (κ1) is 15.8. The van der Waals surface area contributed by atoms with Crippen molar-refractivity contribution < 1.29 is 9.59 Å². The van der Waals surface area contributed by atoms with E-state index in [-0.39, 0.29) is 11.8 Å². The van der Waals surface area contributed by atoms with Gasteiger partial charge in [0, 0.05) is 43.3 Å². The Balaban J connectivity index is 1.55. The molecule has 1 aromatic rings. The second-order valence-electron chi connectivity index (χ2n) is 6.58. The minimum absolute atomic E-state index is 0.0150. The number of benzene rings is 1. The highest BCUT2D eigenvalue weighted by Crippen LogP contribution is 2.23. The second-order valence-corrected chi connectivity index (χ2v) is 6.58. The van der Waals surface area contributed by atoms with Gasteiger partial charge in [-0.15, -0.1) is 0 Å². The maximum absolute atomic E-state index is 12.6. The Morgan fingerprint density at radius 2 is 1.65 bits per heavy atom. The van der Waals surface area contributed by atoms with Crippen LogP contribution in [-0.2, 0) is 4.79 Å². The Kier molecular flexibility index (Phi) is 4.84. The number of nitrogen functional groups attached to an aromatic ring is 1. The first-order chi connectivity index (χ1) is 11.1. The largest absolute Gasteiger partial charge is 0.399 e. The Hall–Kier alpha value is -2.04. The molecule has 5 heteroatoms. The van der Waals surface area contributed by atoms with Gasteiger partial charge in [-0.1, -0.05) is 6.07 Å². The van der Waals surface area contributed by atoms with E-state index >= 15 is 0 Å². The summed E-state index contributed by atoms with van der Waals surface area (Å²) in [6, 6.07) is 7.09. The number of likely N-dealkylation sites (tertiary alicyclic amines) is 2. The molecule has 5 nitrogen and oxygen atoms in total. The Morgan fingerprint density at radius 1 is 0.957 bits per heavy atom. The quantitative estimate of drug-likeness (QED) is 0.850. The van der Waals surface area contributed by atoms with Crippen molar-refractivity contribution >= 4 is 17.5 Å². The van der Waals surface area contributed by atoms with Gasteiger partial charge in [-0.25, -0.2) is 0 Å². The zero-order valence-corrected chi connectivity index (χ0v) is 13.5. The molecule has 23 heavy (non-hydrogen) atoms. The number of carbonyl (C=O) groups excluding carboxylic acids is 2. The second kappa shape index (κ2) is 7.02. The molecule has 2 saturated heterocycles. The molecule has 2 fully saturated rings. The molecule has 0 spiro atoms. The van der Waals surface area contributed by atoms with Gasteiger partial charge in [-0.2, -0.15) is 0 Å². The number of nitrogens with zero attached hydrogens (tertiary/aromatic N) is 2. The van der Waals surface area contributed by atoms with Crippen LogP contribution in [-0.4, -0.2) is 47.8 Å². The summed E-state index contributed by atoms with van der Waals surface area (Å²) in [5.41, 5.74) is 6.98. The summed E-state index contributed by atoms with van der Waals surface area (Å²) in [6.07, 6.45) is 5.01. The van der Waals surface area contributed by atoms with Crippen LogP contribution in [0.5, 0.6) is 0 Å². The molecule has 2 aliphatic rings. The van der Waals surface area contributed by atoms with Crippen molar-refractivity contribution in [2.75, 3.05) is 31.9 Å². The van der Waals surface area contributed by atoms with Crippen LogP contribution < -0.4 is 5.73 Å². The molecule has 2 amide bonds. The highest BCUT2D eigenvalue weighted by atomic mass is 16.2. The first-order valence-corrected chi connectivity index (χ1v) is 8.59. The molecule has 2 N–H and O–H groups in total. The summed E-state index contributed by atoms with van der Waals surface area (Å²) in [4.78, 5) is 28.9. The lowest BCUT2D eigenvalue weighted by molar-refractivity contribution is -0.137. The molecule has 0 unspecified atom stereocenters. The molecule has 2 heterocycles. The topological polar surface area (TPSA) is 66.6 Å². The third-order valence-corrected chi connectivity index (χ3v) is 4.93. The molecule has 0 aliphatic carbocycles. The van der Waals surface area contributed by atoms with Crippen LogP contribution >= 0.6 is 0 Å². The van der Waals surface area contributed by atoms with E-state index < -0.39 is 0 Å². The molecule has 0 saturated carbocycles. The van der Waals surface area contributed by atoms with Crippen LogP contribution in [0.1, 0.15) is 42.5 Å². The third kappa shape index (κ3) is 3.66. The standard InChI is InChI=1S/C18H25N3O2/c19-16-6-4-5-15(13-16)18(23)21-11-7-14(8-12-21)17(22)20-9-2-1-3-10-20/h4-6,13-14H,1-3,7-12,19H2. The van der Waals surface area contributed by atoms with Crippen molar-refractivity contribution in [3.63, 3.8) is 0 Å². The van der Waals surface area contributed by atoms with E-state index in [4.69, 9.17) is 5.73 Å².